The number of aliphatic hydroxyl groups excluding tert-OH is 1. The Bertz CT molecular complexity index is 1230. The number of ketones is 1. The third kappa shape index (κ3) is 3.86. The average Bonchev–Trinajstić information content (AvgIpc) is 3.55. The van der Waals surface area contributed by atoms with Crippen LogP contribution >= 0.6 is 0 Å². The van der Waals surface area contributed by atoms with Crippen molar-refractivity contribution in [2.45, 2.75) is 25.9 Å². The molecule has 2 N–H and O–H groups in total. The van der Waals surface area contributed by atoms with Gasteiger partial charge in [-0.1, -0.05) is 0 Å². The van der Waals surface area contributed by atoms with Crippen LogP contribution in [0.15, 0.2) is 59.0 Å². The highest BCUT2D eigenvalue weighted by molar-refractivity contribution is 6.46. The van der Waals surface area contributed by atoms with Gasteiger partial charge in [0.15, 0.2) is 11.5 Å². The largest absolute Gasteiger partial charge is 0.507 e. The van der Waals surface area contributed by atoms with Gasteiger partial charge < -0.3 is 23.9 Å². The molecule has 2 aromatic heterocycles. The fourth-order valence-electron chi connectivity index (χ4n) is 4.24. The van der Waals surface area contributed by atoms with E-state index in [4.69, 9.17) is 13.9 Å². The quantitative estimate of drug-likeness (QED) is 0.259. The normalized spacial score (nSPS) is 19.3. The zero-order chi connectivity index (χ0) is 22.9. The van der Waals surface area contributed by atoms with E-state index in [1.807, 2.05) is 23.3 Å². The maximum absolute atomic E-state index is 13.1. The number of nitrogens with zero attached hydrogens (tertiary/aromatic N) is 2. The Morgan fingerprint density at radius 2 is 2.00 bits per heavy atom. The number of aromatic nitrogens is 2. The van der Waals surface area contributed by atoms with Crippen LogP contribution in [0.2, 0.25) is 0 Å². The van der Waals surface area contributed by atoms with Gasteiger partial charge in [-0.2, -0.15) is 0 Å². The molecule has 2 aliphatic heterocycles. The number of rotatable bonds is 6. The van der Waals surface area contributed by atoms with E-state index in [9.17, 15) is 14.7 Å². The zero-order valence-corrected chi connectivity index (χ0v) is 18.1. The molecule has 1 atom stereocenters. The summed E-state index contributed by atoms with van der Waals surface area (Å²) in [4.78, 5) is 30.5. The minimum Gasteiger partial charge on any atom is -0.507 e. The number of Topliss-reactive ketones (excluding diaryl/α,β-unsaturated/α-hetero) is 1. The van der Waals surface area contributed by atoms with Crippen molar-refractivity contribution in [3.63, 3.8) is 0 Å². The van der Waals surface area contributed by atoms with Gasteiger partial charge >= 0.3 is 0 Å². The summed E-state index contributed by atoms with van der Waals surface area (Å²) in [6, 6.07) is 7.63. The zero-order valence-electron chi connectivity index (χ0n) is 18.1. The fraction of sp³-hybridized carbons (Fsp3) is 0.292. The molecule has 0 spiro atoms. The van der Waals surface area contributed by atoms with Gasteiger partial charge in [-0.05, 0) is 37.3 Å². The van der Waals surface area contributed by atoms with Crippen LogP contribution in [0.3, 0.4) is 0 Å². The Morgan fingerprint density at radius 1 is 1.18 bits per heavy atom. The first-order chi connectivity index (χ1) is 16.0. The number of hydrogen-bond acceptors (Lipinski definition) is 6. The van der Waals surface area contributed by atoms with E-state index >= 15 is 0 Å². The fourth-order valence-corrected chi connectivity index (χ4v) is 4.24. The molecule has 4 heterocycles. The monoisotopic (exact) mass is 450 g/mol. The Hall–Kier alpha value is -4.01. The molecule has 3 aromatic rings. The molecular formula is C24H24N3O6+. The first-order valence-corrected chi connectivity index (χ1v) is 10.8. The van der Waals surface area contributed by atoms with Crippen LogP contribution in [0.1, 0.15) is 29.5 Å². The summed E-state index contributed by atoms with van der Waals surface area (Å²) in [5.74, 6) is 0.458. The summed E-state index contributed by atoms with van der Waals surface area (Å²) < 4.78 is 18.9. The molecule has 1 amide bonds. The first kappa shape index (κ1) is 20.9. The van der Waals surface area contributed by atoms with Gasteiger partial charge in [0.1, 0.15) is 48.9 Å². The summed E-state index contributed by atoms with van der Waals surface area (Å²) in [7, 11) is 0. The predicted octanol–water partition coefficient (Wildman–Crippen LogP) is 2.49. The van der Waals surface area contributed by atoms with Crippen LogP contribution in [0.5, 0.6) is 11.5 Å². The minimum atomic E-state index is -0.817. The standard InChI is InChI=1S/C24H23N3O6/c1-15-3-5-18(33-15)21-20(22(28)16-4-6-17-19(13-16)32-12-11-31-17)23(29)24(30)27(21)9-2-8-26-10-7-25-14-26/h3-7,10,13-14,21H,2,8-9,11-12H2,1H3,(H,28,29)/p+1. The van der Waals surface area contributed by atoms with Crippen LogP contribution in [0, 0.1) is 6.92 Å². The lowest BCUT2D eigenvalue weighted by atomic mass is 9.99. The highest BCUT2D eigenvalue weighted by Crippen LogP contribution is 2.41. The minimum absolute atomic E-state index is 0.000301. The molecule has 1 saturated heterocycles. The van der Waals surface area contributed by atoms with Gasteiger partial charge in [0, 0.05) is 18.5 Å². The number of aliphatic hydroxyl groups is 1. The second-order valence-electron chi connectivity index (χ2n) is 8.00. The number of carbonyl (C=O) groups is 2. The van der Waals surface area contributed by atoms with Gasteiger partial charge in [-0.15, -0.1) is 0 Å². The summed E-state index contributed by atoms with van der Waals surface area (Å²) in [5, 5.41) is 11.2. The number of furan rings is 1. The van der Waals surface area contributed by atoms with E-state index in [-0.39, 0.29) is 11.3 Å². The maximum Gasteiger partial charge on any atom is 0.295 e. The van der Waals surface area contributed by atoms with Crippen molar-refractivity contribution in [2.24, 2.45) is 0 Å². The third-order valence-electron chi connectivity index (χ3n) is 5.80. The molecular weight excluding hydrogens is 426 g/mol. The molecule has 2 aliphatic rings. The Kier molecular flexibility index (Phi) is 5.37. The van der Waals surface area contributed by atoms with E-state index in [1.54, 1.807) is 37.3 Å². The van der Waals surface area contributed by atoms with Crippen molar-refractivity contribution in [1.29, 1.82) is 0 Å². The summed E-state index contributed by atoms with van der Waals surface area (Å²) in [5.41, 5.74) is 0.369. The molecule has 0 aliphatic carbocycles. The second-order valence-corrected chi connectivity index (χ2v) is 8.00. The summed E-state index contributed by atoms with van der Waals surface area (Å²) >= 11 is 0. The van der Waals surface area contributed by atoms with Crippen molar-refractivity contribution in [2.75, 3.05) is 19.8 Å². The van der Waals surface area contributed by atoms with Crippen LogP contribution in [-0.2, 0) is 16.1 Å². The Labute approximate surface area is 189 Å². The number of aromatic amines is 1. The van der Waals surface area contributed by atoms with E-state index in [0.717, 1.165) is 0 Å². The molecule has 1 unspecified atom stereocenters. The van der Waals surface area contributed by atoms with Gasteiger partial charge in [-0.25, -0.2) is 4.57 Å². The van der Waals surface area contributed by atoms with Gasteiger partial charge in [0.25, 0.3) is 11.7 Å². The molecule has 1 fully saturated rings. The number of hydrogen-bond donors (Lipinski definition) is 2. The first-order valence-electron chi connectivity index (χ1n) is 10.8. The van der Waals surface area contributed by atoms with Crippen molar-refractivity contribution < 1.29 is 33.2 Å². The molecule has 0 saturated carbocycles. The average molecular weight is 450 g/mol. The molecule has 170 valence electrons. The van der Waals surface area contributed by atoms with Gasteiger partial charge in [0.05, 0.1) is 12.1 Å². The van der Waals surface area contributed by atoms with Crippen LogP contribution < -0.4 is 14.0 Å². The molecule has 0 bridgehead atoms. The van der Waals surface area contributed by atoms with Crippen LogP contribution in [0.25, 0.3) is 5.76 Å². The highest BCUT2D eigenvalue weighted by Gasteiger charge is 2.47. The number of fused-ring (bicyclic) bond motifs is 1. The van der Waals surface area contributed by atoms with E-state index in [0.29, 0.717) is 61.3 Å². The SMILES string of the molecule is Cc1ccc(C2C(=C(O)c3ccc4c(c3)OCCO4)C(=O)C(=O)N2CCC[n+]2cc[nH]c2)o1. The number of aryl methyl sites for hydroxylation is 2. The molecule has 5 rings (SSSR count). The van der Waals surface area contributed by atoms with Crippen molar-refractivity contribution >= 4 is 17.4 Å². The van der Waals surface area contributed by atoms with E-state index < -0.39 is 17.7 Å². The molecule has 33 heavy (non-hydrogen) atoms. The lowest BCUT2D eigenvalue weighted by molar-refractivity contribution is -0.695. The number of amides is 1. The smallest absolute Gasteiger partial charge is 0.295 e. The molecule has 9 heteroatoms. The number of H-pyrrole nitrogens is 1. The molecule has 1 aromatic carbocycles. The Morgan fingerprint density at radius 3 is 2.73 bits per heavy atom. The van der Waals surface area contributed by atoms with Gasteiger partial charge in [0.2, 0.25) is 6.33 Å². The van der Waals surface area contributed by atoms with Crippen LogP contribution in [-0.4, -0.2) is 46.4 Å². The number of benzene rings is 1. The summed E-state index contributed by atoms with van der Waals surface area (Å²) in [6.45, 7) is 3.62. The van der Waals surface area contributed by atoms with Crippen molar-refractivity contribution in [3.8, 4) is 11.5 Å². The lowest BCUT2D eigenvalue weighted by Crippen LogP contribution is -2.35. The third-order valence-corrected chi connectivity index (χ3v) is 5.80. The summed E-state index contributed by atoms with van der Waals surface area (Å²) in [6.07, 6.45) is 6.15. The number of nitrogens with one attached hydrogen (secondary N) is 1. The molecule has 0 radical (unpaired) electrons. The number of imidazole rings is 1. The number of carbonyl (C=O) groups excluding carboxylic acids is 2. The second kappa shape index (κ2) is 8.50. The predicted molar refractivity (Wildman–Crippen MR) is 115 cm³/mol. The number of likely N-dealkylation sites (tertiary alicyclic amines) is 1. The van der Waals surface area contributed by atoms with Crippen molar-refractivity contribution in [3.05, 3.63) is 71.7 Å². The lowest BCUT2D eigenvalue weighted by Gasteiger charge is -2.23. The van der Waals surface area contributed by atoms with Gasteiger partial charge in [-0.3, -0.25) is 14.6 Å². The van der Waals surface area contributed by atoms with Crippen LogP contribution in [0.4, 0.5) is 0 Å². The topological polar surface area (TPSA) is 109 Å². The maximum atomic E-state index is 13.1. The van der Waals surface area contributed by atoms with E-state index in [2.05, 4.69) is 4.98 Å². The number of ether oxygens (including phenoxy) is 2. The molecule has 9 nitrogen and oxygen atoms in total. The van der Waals surface area contributed by atoms with E-state index in [1.165, 1.54) is 4.90 Å². The Balaban J connectivity index is 1.51. The van der Waals surface area contributed by atoms with Crippen molar-refractivity contribution in [1.82, 2.24) is 9.88 Å². The highest BCUT2D eigenvalue weighted by atomic mass is 16.6.